The molecule has 0 saturated heterocycles. The maximum Gasteiger partial charge on any atom is 0.332 e. The summed E-state index contributed by atoms with van der Waals surface area (Å²) >= 11 is 0. The largest absolute Gasteiger partial charge is 0.463 e. The molecule has 3 heteroatoms. The highest BCUT2D eigenvalue weighted by atomic mass is 16.5. The van der Waals surface area contributed by atoms with E-state index in [0.717, 1.165) is 16.8 Å². The molecule has 0 atom stereocenters. The zero-order valence-electron chi connectivity index (χ0n) is 11.1. The minimum Gasteiger partial charge on any atom is -0.463 e. The topological polar surface area (TPSA) is 38.3 Å². The minimum atomic E-state index is -0.326. The van der Waals surface area contributed by atoms with Gasteiger partial charge in [0.25, 0.3) is 0 Å². The Hall–Kier alpha value is -2.29. The summed E-state index contributed by atoms with van der Waals surface area (Å²) in [6, 6.07) is 14.2. The summed E-state index contributed by atoms with van der Waals surface area (Å²) < 4.78 is 4.87. The Morgan fingerprint density at radius 3 is 2.68 bits per heavy atom. The third kappa shape index (κ3) is 3.58. The van der Waals surface area contributed by atoms with Gasteiger partial charge in [0.2, 0.25) is 0 Å². The van der Waals surface area contributed by atoms with Gasteiger partial charge in [-0.2, -0.15) is 0 Å². The average molecular weight is 255 g/mol. The molecule has 0 aromatic heterocycles. The molecule has 0 unspecified atom stereocenters. The Bertz CT molecular complexity index is 617. The molecule has 0 spiro atoms. The molecule has 0 fully saturated rings. The first-order valence-electron chi connectivity index (χ1n) is 6.30. The van der Waals surface area contributed by atoms with Crippen LogP contribution in [0.25, 0.3) is 10.8 Å². The van der Waals surface area contributed by atoms with Gasteiger partial charge in [0.1, 0.15) is 0 Å². The molecule has 2 aromatic carbocycles. The molecule has 0 bridgehead atoms. The number of fused-ring (bicyclic) bond motifs is 1. The Morgan fingerprint density at radius 2 is 1.95 bits per heavy atom. The van der Waals surface area contributed by atoms with Gasteiger partial charge in [0.05, 0.1) is 6.61 Å². The zero-order valence-corrected chi connectivity index (χ0v) is 11.1. The lowest BCUT2D eigenvalue weighted by atomic mass is 10.1. The number of carbonyl (C=O) groups excluding carboxylic acids is 1. The van der Waals surface area contributed by atoms with E-state index in [1.807, 2.05) is 25.1 Å². The summed E-state index contributed by atoms with van der Waals surface area (Å²) in [6.07, 6.45) is 1.46. The van der Waals surface area contributed by atoms with Gasteiger partial charge in [-0.3, -0.25) is 0 Å². The standard InChI is InChI=1S/C16H17NO2/c1-3-19-16(18)10-12(2)17-15-9-8-13-6-4-5-7-14(13)11-15/h4-11,17H,3H2,1-2H3/b12-10+. The predicted molar refractivity (Wildman–Crippen MR) is 78.0 cm³/mol. The Morgan fingerprint density at radius 1 is 1.21 bits per heavy atom. The molecule has 0 heterocycles. The van der Waals surface area contributed by atoms with Crippen molar-refractivity contribution in [3.63, 3.8) is 0 Å². The van der Waals surface area contributed by atoms with E-state index >= 15 is 0 Å². The van der Waals surface area contributed by atoms with Gasteiger partial charge in [0, 0.05) is 17.5 Å². The smallest absolute Gasteiger partial charge is 0.332 e. The number of allylic oxidation sites excluding steroid dienone is 1. The van der Waals surface area contributed by atoms with Gasteiger partial charge in [-0.15, -0.1) is 0 Å². The lowest BCUT2D eigenvalue weighted by Gasteiger charge is -2.08. The fraction of sp³-hybridized carbons (Fsp3) is 0.188. The number of rotatable bonds is 4. The van der Waals surface area contributed by atoms with E-state index < -0.39 is 0 Å². The first-order chi connectivity index (χ1) is 9.19. The third-order valence-electron chi connectivity index (χ3n) is 2.71. The van der Waals surface area contributed by atoms with E-state index in [4.69, 9.17) is 4.74 Å². The van der Waals surface area contributed by atoms with Crippen molar-refractivity contribution in [1.29, 1.82) is 0 Å². The van der Waals surface area contributed by atoms with Crippen LogP contribution in [0.15, 0.2) is 54.2 Å². The van der Waals surface area contributed by atoms with Crippen molar-refractivity contribution in [2.24, 2.45) is 0 Å². The Balaban J connectivity index is 2.14. The van der Waals surface area contributed by atoms with Gasteiger partial charge in [-0.1, -0.05) is 30.3 Å². The number of esters is 1. The van der Waals surface area contributed by atoms with Gasteiger partial charge >= 0.3 is 5.97 Å². The summed E-state index contributed by atoms with van der Waals surface area (Å²) in [5.41, 5.74) is 1.71. The van der Waals surface area contributed by atoms with E-state index in [9.17, 15) is 4.79 Å². The number of carbonyl (C=O) groups is 1. The number of anilines is 1. The average Bonchev–Trinajstić information content (AvgIpc) is 2.38. The van der Waals surface area contributed by atoms with Crippen molar-refractivity contribution in [3.05, 3.63) is 54.2 Å². The molecule has 0 aliphatic heterocycles. The van der Waals surface area contributed by atoms with Gasteiger partial charge in [-0.05, 0) is 36.8 Å². The molecule has 1 N–H and O–H groups in total. The molecule has 0 saturated carbocycles. The molecule has 3 nitrogen and oxygen atoms in total. The first-order valence-corrected chi connectivity index (χ1v) is 6.30. The maximum absolute atomic E-state index is 11.3. The van der Waals surface area contributed by atoms with Crippen LogP contribution in [0.4, 0.5) is 5.69 Å². The zero-order chi connectivity index (χ0) is 13.7. The number of hydrogen-bond donors (Lipinski definition) is 1. The third-order valence-corrected chi connectivity index (χ3v) is 2.71. The molecule has 98 valence electrons. The molecule has 0 radical (unpaired) electrons. The Kier molecular flexibility index (Phi) is 4.18. The maximum atomic E-state index is 11.3. The van der Waals surface area contributed by atoms with Gasteiger partial charge in [-0.25, -0.2) is 4.79 Å². The normalized spacial score (nSPS) is 11.4. The van der Waals surface area contributed by atoms with Crippen molar-refractivity contribution in [1.82, 2.24) is 0 Å². The van der Waals surface area contributed by atoms with Crippen LogP contribution in [-0.4, -0.2) is 12.6 Å². The van der Waals surface area contributed by atoms with Crippen LogP contribution in [-0.2, 0) is 9.53 Å². The summed E-state index contributed by atoms with van der Waals surface area (Å²) in [4.78, 5) is 11.3. The summed E-state index contributed by atoms with van der Waals surface area (Å²) in [5, 5.41) is 5.54. The monoisotopic (exact) mass is 255 g/mol. The summed E-state index contributed by atoms with van der Waals surface area (Å²) in [5.74, 6) is -0.326. The van der Waals surface area contributed by atoms with Crippen molar-refractivity contribution in [2.75, 3.05) is 11.9 Å². The summed E-state index contributed by atoms with van der Waals surface area (Å²) in [7, 11) is 0. The second kappa shape index (κ2) is 6.05. The van der Waals surface area contributed by atoms with Crippen molar-refractivity contribution in [3.8, 4) is 0 Å². The van der Waals surface area contributed by atoms with E-state index in [2.05, 4.69) is 29.6 Å². The van der Waals surface area contributed by atoms with E-state index in [0.29, 0.717) is 6.61 Å². The second-order valence-electron chi connectivity index (χ2n) is 4.27. The van der Waals surface area contributed by atoms with Crippen LogP contribution in [0.3, 0.4) is 0 Å². The molecule has 2 rings (SSSR count). The van der Waals surface area contributed by atoms with Crippen molar-refractivity contribution in [2.45, 2.75) is 13.8 Å². The number of benzene rings is 2. The van der Waals surface area contributed by atoms with E-state index in [-0.39, 0.29) is 5.97 Å². The number of ether oxygens (including phenoxy) is 1. The first kappa shape index (κ1) is 13.1. The SMILES string of the molecule is CCOC(=O)/C=C(\C)Nc1ccc2ccccc2c1. The van der Waals surface area contributed by atoms with Crippen molar-refractivity contribution < 1.29 is 9.53 Å². The van der Waals surface area contributed by atoms with Crippen LogP contribution in [0.2, 0.25) is 0 Å². The fourth-order valence-corrected chi connectivity index (χ4v) is 1.89. The quantitative estimate of drug-likeness (QED) is 0.668. The summed E-state index contributed by atoms with van der Waals surface area (Å²) in [6.45, 7) is 4.02. The molecular weight excluding hydrogens is 238 g/mol. The molecule has 0 amide bonds. The minimum absolute atomic E-state index is 0.326. The molecular formula is C16H17NO2. The highest BCUT2D eigenvalue weighted by Gasteiger charge is 2.00. The van der Waals surface area contributed by atoms with E-state index in [1.165, 1.54) is 11.5 Å². The molecule has 2 aromatic rings. The Labute approximate surface area is 112 Å². The fourth-order valence-electron chi connectivity index (χ4n) is 1.89. The van der Waals surface area contributed by atoms with Crippen LogP contribution in [0.1, 0.15) is 13.8 Å². The molecule has 19 heavy (non-hydrogen) atoms. The highest BCUT2D eigenvalue weighted by molar-refractivity contribution is 5.87. The van der Waals surface area contributed by atoms with Crippen molar-refractivity contribution >= 4 is 22.4 Å². The van der Waals surface area contributed by atoms with Gasteiger partial charge in [0.15, 0.2) is 0 Å². The number of nitrogens with one attached hydrogen (secondary N) is 1. The van der Waals surface area contributed by atoms with Crippen LogP contribution < -0.4 is 5.32 Å². The van der Waals surface area contributed by atoms with E-state index in [1.54, 1.807) is 6.92 Å². The predicted octanol–water partition coefficient (Wildman–Crippen LogP) is 3.72. The molecule has 0 aliphatic carbocycles. The lowest BCUT2D eigenvalue weighted by molar-refractivity contribution is -0.137. The number of hydrogen-bond acceptors (Lipinski definition) is 3. The van der Waals surface area contributed by atoms with Gasteiger partial charge < -0.3 is 10.1 Å². The van der Waals surface area contributed by atoms with Crippen LogP contribution in [0.5, 0.6) is 0 Å². The van der Waals surface area contributed by atoms with Crippen LogP contribution in [0, 0.1) is 0 Å². The lowest BCUT2D eigenvalue weighted by Crippen LogP contribution is -2.04. The molecule has 0 aliphatic rings. The second-order valence-corrected chi connectivity index (χ2v) is 4.27. The van der Waals surface area contributed by atoms with Crippen LogP contribution >= 0.6 is 0 Å². The highest BCUT2D eigenvalue weighted by Crippen LogP contribution is 2.19.